The van der Waals surface area contributed by atoms with E-state index >= 15 is 0 Å². The Balaban J connectivity index is 1.40. The molecule has 1 aliphatic heterocycles. The maximum absolute atomic E-state index is 12.4. The number of ketones is 2. The van der Waals surface area contributed by atoms with E-state index in [0.29, 0.717) is 24.9 Å². The van der Waals surface area contributed by atoms with Crippen molar-refractivity contribution in [3.05, 3.63) is 42.0 Å². The predicted molar refractivity (Wildman–Crippen MR) is 118 cm³/mol. The van der Waals surface area contributed by atoms with Crippen LogP contribution >= 0.6 is 0 Å². The lowest BCUT2D eigenvalue weighted by Crippen LogP contribution is -2.42. The number of piperidine rings is 1. The molecule has 1 heterocycles. The number of rotatable bonds is 7. The summed E-state index contributed by atoms with van der Waals surface area (Å²) in [5.41, 5.74) is 7.17. The Morgan fingerprint density at radius 1 is 1.03 bits per heavy atom. The Labute approximate surface area is 182 Å². The van der Waals surface area contributed by atoms with E-state index in [-0.39, 0.29) is 35.8 Å². The molecule has 1 aromatic rings. The molecule has 31 heavy (non-hydrogen) atoms. The van der Waals surface area contributed by atoms with Crippen molar-refractivity contribution in [2.24, 2.45) is 5.73 Å². The first-order valence-electron chi connectivity index (χ1n) is 10.9. The minimum absolute atomic E-state index is 0.109. The first-order valence-corrected chi connectivity index (χ1v) is 10.9. The summed E-state index contributed by atoms with van der Waals surface area (Å²) in [6.07, 6.45) is 6.00. The highest BCUT2D eigenvalue weighted by Gasteiger charge is 2.23. The summed E-state index contributed by atoms with van der Waals surface area (Å²) < 4.78 is 0. The zero-order valence-corrected chi connectivity index (χ0v) is 17.6. The number of nitrogens with zero attached hydrogens (tertiary/aromatic N) is 1. The van der Waals surface area contributed by atoms with Gasteiger partial charge in [0.2, 0.25) is 5.91 Å². The molecule has 0 saturated carbocycles. The number of likely N-dealkylation sites (tertiary alicyclic amines) is 1. The van der Waals surface area contributed by atoms with E-state index in [1.54, 1.807) is 24.3 Å². The van der Waals surface area contributed by atoms with Gasteiger partial charge < -0.3 is 21.3 Å². The molecule has 0 aromatic heterocycles. The number of benzene rings is 1. The van der Waals surface area contributed by atoms with Crippen LogP contribution < -0.4 is 16.4 Å². The molecular weight excluding hydrogens is 396 g/mol. The van der Waals surface area contributed by atoms with E-state index < -0.39 is 6.04 Å². The normalized spacial score (nSPS) is 19.8. The molecule has 0 spiro atoms. The lowest BCUT2D eigenvalue weighted by molar-refractivity contribution is -0.132. The Kier molecular flexibility index (Phi) is 7.94. The number of allylic oxidation sites excluding steroid dienone is 1. The van der Waals surface area contributed by atoms with Gasteiger partial charge in [-0.25, -0.2) is 0 Å². The van der Waals surface area contributed by atoms with Crippen LogP contribution in [0, 0.1) is 0 Å². The second kappa shape index (κ2) is 10.9. The van der Waals surface area contributed by atoms with Crippen molar-refractivity contribution in [1.29, 1.82) is 0 Å². The first kappa shape index (κ1) is 22.7. The minimum atomic E-state index is -0.679. The summed E-state index contributed by atoms with van der Waals surface area (Å²) in [5, 5.41) is 5.96. The van der Waals surface area contributed by atoms with Gasteiger partial charge in [-0.1, -0.05) is 0 Å². The second-order valence-corrected chi connectivity index (χ2v) is 8.09. The first-order chi connectivity index (χ1) is 14.9. The van der Waals surface area contributed by atoms with Gasteiger partial charge in [-0.15, -0.1) is 0 Å². The van der Waals surface area contributed by atoms with E-state index in [9.17, 15) is 19.2 Å². The number of hydrogen-bond acceptors (Lipinski definition) is 6. The molecule has 166 valence electrons. The Bertz CT molecular complexity index is 842. The fraction of sp³-hybridized carbons (Fsp3) is 0.478. The van der Waals surface area contributed by atoms with Crippen LogP contribution in [-0.2, 0) is 14.4 Å². The van der Waals surface area contributed by atoms with Gasteiger partial charge in [0.25, 0.3) is 5.91 Å². The van der Waals surface area contributed by atoms with Gasteiger partial charge in [0.1, 0.15) is 0 Å². The van der Waals surface area contributed by atoms with Gasteiger partial charge in [0.05, 0.1) is 6.04 Å². The van der Waals surface area contributed by atoms with Gasteiger partial charge in [-0.05, 0) is 62.1 Å². The van der Waals surface area contributed by atoms with Crippen molar-refractivity contribution in [3.8, 4) is 0 Å². The minimum Gasteiger partial charge on any atom is -0.385 e. The van der Waals surface area contributed by atoms with Crippen LogP contribution in [0.4, 0.5) is 5.69 Å². The number of nitrogens with two attached hydrogens (primary N) is 1. The Morgan fingerprint density at radius 2 is 1.74 bits per heavy atom. The van der Waals surface area contributed by atoms with Crippen molar-refractivity contribution in [2.45, 2.75) is 50.6 Å². The highest BCUT2D eigenvalue weighted by atomic mass is 16.2. The number of carbonyl (C=O) groups excluding carboxylic acids is 4. The van der Waals surface area contributed by atoms with E-state index in [1.165, 1.54) is 12.2 Å². The molecule has 3 rings (SSSR count). The van der Waals surface area contributed by atoms with E-state index in [4.69, 9.17) is 5.73 Å². The van der Waals surface area contributed by atoms with Crippen LogP contribution in [0.15, 0.2) is 36.4 Å². The number of anilines is 1. The average molecular weight is 427 g/mol. The molecule has 1 fully saturated rings. The lowest BCUT2D eigenvalue weighted by Gasteiger charge is -2.30. The number of carbonyl (C=O) groups is 4. The maximum Gasteiger partial charge on any atom is 0.251 e. The lowest BCUT2D eigenvalue weighted by atomic mass is 10.1. The monoisotopic (exact) mass is 426 g/mol. The number of hydrogen-bond donors (Lipinski definition) is 3. The van der Waals surface area contributed by atoms with Crippen LogP contribution in [0.3, 0.4) is 0 Å². The quantitative estimate of drug-likeness (QED) is 0.567. The van der Waals surface area contributed by atoms with Crippen molar-refractivity contribution in [2.75, 3.05) is 25.0 Å². The SMILES string of the molecule is NC1CCN(C(=O)CCCNc2ccc(C(=O)NC3CCC(=O)C=CC3=O)cc2)CC1. The maximum atomic E-state index is 12.4. The Hall–Kier alpha value is -3.00. The highest BCUT2D eigenvalue weighted by Crippen LogP contribution is 2.13. The fourth-order valence-electron chi connectivity index (χ4n) is 3.71. The third-order valence-corrected chi connectivity index (χ3v) is 5.70. The Morgan fingerprint density at radius 3 is 2.45 bits per heavy atom. The summed E-state index contributed by atoms with van der Waals surface area (Å²) in [7, 11) is 0. The molecule has 4 N–H and O–H groups in total. The summed E-state index contributed by atoms with van der Waals surface area (Å²) in [6, 6.07) is 6.48. The largest absolute Gasteiger partial charge is 0.385 e. The molecule has 1 aliphatic carbocycles. The van der Waals surface area contributed by atoms with E-state index in [2.05, 4.69) is 10.6 Å². The van der Waals surface area contributed by atoms with Gasteiger partial charge in [-0.3, -0.25) is 19.2 Å². The number of nitrogens with one attached hydrogen (secondary N) is 2. The molecule has 8 nitrogen and oxygen atoms in total. The highest BCUT2D eigenvalue weighted by molar-refractivity contribution is 6.05. The molecule has 1 saturated heterocycles. The van der Waals surface area contributed by atoms with Gasteiger partial charge in [-0.2, -0.15) is 0 Å². The second-order valence-electron chi connectivity index (χ2n) is 8.09. The molecule has 0 bridgehead atoms. The standard InChI is InChI=1S/C23H30N4O4/c24-17-11-14-27(15-12-17)22(30)2-1-13-25-18-5-3-16(4-6-18)23(31)26-20-9-7-19(28)8-10-21(20)29/h3-6,8,10,17,20,25H,1-2,7,9,11-15,24H2,(H,26,31). The zero-order chi connectivity index (χ0) is 22.2. The van der Waals surface area contributed by atoms with Crippen LogP contribution in [0.1, 0.15) is 48.9 Å². The average Bonchev–Trinajstić information content (AvgIpc) is 2.93. The van der Waals surface area contributed by atoms with Crippen molar-refractivity contribution >= 4 is 29.1 Å². The molecule has 1 aromatic carbocycles. The summed E-state index contributed by atoms with van der Waals surface area (Å²) in [4.78, 5) is 50.0. The summed E-state index contributed by atoms with van der Waals surface area (Å²) >= 11 is 0. The summed E-state index contributed by atoms with van der Waals surface area (Å²) in [6.45, 7) is 2.15. The molecule has 0 radical (unpaired) electrons. The molecule has 2 amide bonds. The van der Waals surface area contributed by atoms with Crippen molar-refractivity contribution < 1.29 is 19.2 Å². The van der Waals surface area contributed by atoms with Crippen LogP contribution in [-0.4, -0.2) is 60.0 Å². The molecule has 1 unspecified atom stereocenters. The van der Waals surface area contributed by atoms with Crippen LogP contribution in [0.2, 0.25) is 0 Å². The molecule has 1 atom stereocenters. The van der Waals surface area contributed by atoms with E-state index in [0.717, 1.165) is 38.0 Å². The summed E-state index contributed by atoms with van der Waals surface area (Å²) in [5.74, 6) is -0.549. The zero-order valence-electron chi connectivity index (χ0n) is 17.6. The topological polar surface area (TPSA) is 122 Å². The number of amides is 2. The van der Waals surface area contributed by atoms with E-state index in [1.807, 2.05) is 4.90 Å². The predicted octanol–water partition coefficient (Wildman–Crippen LogP) is 1.41. The molecule has 8 heteroatoms. The van der Waals surface area contributed by atoms with Gasteiger partial charge in [0, 0.05) is 49.8 Å². The molecular formula is C23H30N4O4. The van der Waals surface area contributed by atoms with Crippen LogP contribution in [0.5, 0.6) is 0 Å². The van der Waals surface area contributed by atoms with Gasteiger partial charge in [0.15, 0.2) is 11.6 Å². The van der Waals surface area contributed by atoms with Gasteiger partial charge >= 0.3 is 0 Å². The fourth-order valence-corrected chi connectivity index (χ4v) is 3.71. The third kappa shape index (κ3) is 6.75. The third-order valence-electron chi connectivity index (χ3n) is 5.70. The van der Waals surface area contributed by atoms with Crippen LogP contribution in [0.25, 0.3) is 0 Å². The van der Waals surface area contributed by atoms with Crippen molar-refractivity contribution in [3.63, 3.8) is 0 Å². The smallest absolute Gasteiger partial charge is 0.251 e. The molecule has 2 aliphatic rings. The van der Waals surface area contributed by atoms with Crippen molar-refractivity contribution in [1.82, 2.24) is 10.2 Å².